The van der Waals surface area contributed by atoms with Gasteiger partial charge in [0.25, 0.3) is 11.8 Å². The average Bonchev–Trinajstić information content (AvgIpc) is 2.91. The van der Waals surface area contributed by atoms with E-state index in [-0.39, 0.29) is 18.9 Å². The first kappa shape index (κ1) is 21.3. The van der Waals surface area contributed by atoms with Crippen molar-refractivity contribution in [3.8, 4) is 0 Å². The number of carbonyl (C=O) groups excluding carboxylic acids is 5. The molecular weight excluding hydrogens is 342 g/mol. The molecule has 0 saturated heterocycles. The molecule has 2 atom stereocenters. The molecular formula is C16H25N5O5. The van der Waals surface area contributed by atoms with Crippen LogP contribution in [0.4, 0.5) is 0 Å². The van der Waals surface area contributed by atoms with E-state index in [1.165, 1.54) is 6.92 Å². The van der Waals surface area contributed by atoms with Gasteiger partial charge in [0.15, 0.2) is 0 Å². The van der Waals surface area contributed by atoms with Crippen LogP contribution in [-0.4, -0.2) is 73.2 Å². The maximum absolute atomic E-state index is 12.0. The summed E-state index contributed by atoms with van der Waals surface area (Å²) in [5, 5.41) is 10.5. The number of nitrogens with one attached hydrogen (secondary N) is 4. The van der Waals surface area contributed by atoms with Gasteiger partial charge in [-0.2, -0.15) is 0 Å². The van der Waals surface area contributed by atoms with Crippen LogP contribution < -0.4 is 21.3 Å². The van der Waals surface area contributed by atoms with Gasteiger partial charge in [0.1, 0.15) is 12.1 Å². The van der Waals surface area contributed by atoms with Crippen molar-refractivity contribution >= 4 is 29.5 Å². The number of amides is 5. The van der Waals surface area contributed by atoms with E-state index in [1.54, 1.807) is 14.0 Å². The Labute approximate surface area is 151 Å². The van der Waals surface area contributed by atoms with Gasteiger partial charge in [-0.15, -0.1) is 0 Å². The molecule has 0 aromatic rings. The fourth-order valence-electron chi connectivity index (χ4n) is 2.11. The first-order valence-corrected chi connectivity index (χ1v) is 8.31. The van der Waals surface area contributed by atoms with Crippen molar-refractivity contribution in [3.05, 3.63) is 12.2 Å². The van der Waals surface area contributed by atoms with Gasteiger partial charge in [0.2, 0.25) is 17.7 Å². The summed E-state index contributed by atoms with van der Waals surface area (Å²) in [5.41, 5.74) is 0. The van der Waals surface area contributed by atoms with Gasteiger partial charge >= 0.3 is 0 Å². The maximum Gasteiger partial charge on any atom is 0.253 e. The summed E-state index contributed by atoms with van der Waals surface area (Å²) in [7, 11) is 1.76. The van der Waals surface area contributed by atoms with Crippen molar-refractivity contribution in [2.45, 2.75) is 32.4 Å². The minimum atomic E-state index is -0.863. The SMILES string of the molecule is CNCCNC(=O)[C@H](C)NC(=O)[C@H](C)NC(=O)CCN1C(=O)C=CC1=O. The lowest BCUT2D eigenvalue weighted by atomic mass is 10.2. The summed E-state index contributed by atoms with van der Waals surface area (Å²) in [4.78, 5) is 59.4. The number of imide groups is 1. The van der Waals surface area contributed by atoms with Gasteiger partial charge in [0, 0.05) is 38.2 Å². The summed E-state index contributed by atoms with van der Waals surface area (Å²) < 4.78 is 0. The molecule has 4 N–H and O–H groups in total. The lowest BCUT2D eigenvalue weighted by molar-refractivity contribution is -0.137. The Morgan fingerprint density at radius 2 is 1.54 bits per heavy atom. The number of hydrogen-bond donors (Lipinski definition) is 4. The molecule has 0 spiro atoms. The number of nitrogens with zero attached hydrogens (tertiary/aromatic N) is 1. The van der Waals surface area contributed by atoms with Crippen LogP contribution in [0.2, 0.25) is 0 Å². The van der Waals surface area contributed by atoms with Crippen LogP contribution in [0.1, 0.15) is 20.3 Å². The first-order valence-electron chi connectivity index (χ1n) is 8.31. The van der Waals surface area contributed by atoms with Gasteiger partial charge in [-0.25, -0.2) is 0 Å². The molecule has 1 heterocycles. The van der Waals surface area contributed by atoms with Gasteiger partial charge < -0.3 is 21.3 Å². The average molecular weight is 367 g/mol. The number of hydrogen-bond acceptors (Lipinski definition) is 6. The van der Waals surface area contributed by atoms with Crippen LogP contribution in [0.3, 0.4) is 0 Å². The van der Waals surface area contributed by atoms with Crippen molar-refractivity contribution < 1.29 is 24.0 Å². The summed E-state index contributed by atoms with van der Waals surface area (Å²) in [6.07, 6.45) is 2.16. The second-order valence-corrected chi connectivity index (χ2v) is 5.83. The summed E-state index contributed by atoms with van der Waals surface area (Å²) in [6.45, 7) is 4.00. The Morgan fingerprint density at radius 3 is 2.12 bits per heavy atom. The lowest BCUT2D eigenvalue weighted by Gasteiger charge is -2.19. The third-order valence-corrected chi connectivity index (χ3v) is 3.66. The number of likely N-dealkylation sites (N-methyl/N-ethyl adjacent to an activating group) is 1. The Balaban J connectivity index is 2.34. The van der Waals surface area contributed by atoms with Crippen LogP contribution in [0.5, 0.6) is 0 Å². The molecule has 0 aliphatic carbocycles. The lowest BCUT2D eigenvalue weighted by Crippen LogP contribution is -2.52. The molecule has 1 rings (SSSR count). The Kier molecular flexibility index (Phi) is 8.43. The molecule has 1 aliphatic rings. The fraction of sp³-hybridized carbons (Fsp3) is 0.562. The largest absolute Gasteiger partial charge is 0.353 e. The predicted molar refractivity (Wildman–Crippen MR) is 92.6 cm³/mol. The zero-order valence-corrected chi connectivity index (χ0v) is 15.1. The van der Waals surface area contributed by atoms with Crippen molar-refractivity contribution in [2.75, 3.05) is 26.7 Å². The monoisotopic (exact) mass is 367 g/mol. The second-order valence-electron chi connectivity index (χ2n) is 5.83. The van der Waals surface area contributed by atoms with Gasteiger partial charge in [0.05, 0.1) is 0 Å². The van der Waals surface area contributed by atoms with Crippen molar-refractivity contribution in [1.29, 1.82) is 0 Å². The molecule has 0 bridgehead atoms. The fourth-order valence-corrected chi connectivity index (χ4v) is 2.11. The normalized spacial score (nSPS) is 15.6. The molecule has 1 aliphatic heterocycles. The minimum Gasteiger partial charge on any atom is -0.353 e. The number of carbonyl (C=O) groups is 5. The zero-order valence-electron chi connectivity index (χ0n) is 15.1. The van der Waals surface area contributed by atoms with Gasteiger partial charge in [-0.1, -0.05) is 0 Å². The van der Waals surface area contributed by atoms with E-state index in [0.29, 0.717) is 13.1 Å². The van der Waals surface area contributed by atoms with Gasteiger partial charge in [-0.3, -0.25) is 28.9 Å². The summed E-state index contributed by atoms with van der Waals surface area (Å²) in [5.74, 6) is -2.25. The third kappa shape index (κ3) is 6.63. The quantitative estimate of drug-likeness (QED) is 0.252. The first-order chi connectivity index (χ1) is 12.3. The van der Waals surface area contributed by atoms with Crippen molar-refractivity contribution in [3.63, 3.8) is 0 Å². The highest BCUT2D eigenvalue weighted by molar-refractivity contribution is 6.13. The van der Waals surface area contributed by atoms with E-state index in [1.807, 2.05) is 0 Å². The zero-order chi connectivity index (χ0) is 19.7. The van der Waals surface area contributed by atoms with Crippen LogP contribution in [0.25, 0.3) is 0 Å². The standard InChI is InChI=1S/C16H25N5O5/c1-10(15(25)18-8-7-17-3)20-16(26)11(2)19-12(22)6-9-21-13(23)4-5-14(21)24/h4-5,10-11,17H,6-9H2,1-3H3,(H,18,25)(H,19,22)(H,20,26)/t10-,11-/m0/s1. The molecule has 10 nitrogen and oxygen atoms in total. The minimum absolute atomic E-state index is 0.0604. The second kappa shape index (κ2) is 10.3. The molecule has 144 valence electrons. The molecule has 0 aromatic carbocycles. The highest BCUT2D eigenvalue weighted by Gasteiger charge is 2.25. The molecule has 0 saturated carbocycles. The van der Waals surface area contributed by atoms with Crippen LogP contribution >= 0.6 is 0 Å². The van der Waals surface area contributed by atoms with Gasteiger partial charge in [-0.05, 0) is 20.9 Å². The molecule has 26 heavy (non-hydrogen) atoms. The smallest absolute Gasteiger partial charge is 0.253 e. The molecule has 5 amide bonds. The predicted octanol–water partition coefficient (Wildman–Crippen LogP) is -2.35. The Morgan fingerprint density at radius 1 is 0.962 bits per heavy atom. The van der Waals surface area contributed by atoms with E-state index in [9.17, 15) is 24.0 Å². The topological polar surface area (TPSA) is 137 Å². The van der Waals surface area contributed by atoms with E-state index in [0.717, 1.165) is 17.1 Å². The van der Waals surface area contributed by atoms with E-state index in [2.05, 4.69) is 21.3 Å². The van der Waals surface area contributed by atoms with Crippen molar-refractivity contribution in [2.24, 2.45) is 0 Å². The Bertz CT molecular complexity index is 586. The van der Waals surface area contributed by atoms with Crippen LogP contribution in [0.15, 0.2) is 12.2 Å². The molecule has 0 fully saturated rings. The summed E-state index contributed by atoms with van der Waals surface area (Å²) in [6, 6.07) is -1.61. The Hall–Kier alpha value is -2.75. The number of rotatable bonds is 10. The molecule has 10 heteroatoms. The molecule has 0 unspecified atom stereocenters. The van der Waals surface area contributed by atoms with Crippen LogP contribution in [0, 0.1) is 0 Å². The van der Waals surface area contributed by atoms with E-state index < -0.39 is 35.7 Å². The molecule has 0 aromatic heterocycles. The highest BCUT2D eigenvalue weighted by Crippen LogP contribution is 2.04. The van der Waals surface area contributed by atoms with E-state index in [4.69, 9.17) is 0 Å². The van der Waals surface area contributed by atoms with E-state index >= 15 is 0 Å². The van der Waals surface area contributed by atoms with Crippen LogP contribution in [-0.2, 0) is 24.0 Å². The summed E-state index contributed by atoms with van der Waals surface area (Å²) >= 11 is 0. The molecule has 0 radical (unpaired) electrons. The third-order valence-electron chi connectivity index (χ3n) is 3.66. The van der Waals surface area contributed by atoms with Crippen molar-refractivity contribution in [1.82, 2.24) is 26.2 Å². The maximum atomic E-state index is 12.0. The highest BCUT2D eigenvalue weighted by atomic mass is 16.2.